The fourth-order valence-corrected chi connectivity index (χ4v) is 11.9. The van der Waals surface area contributed by atoms with E-state index >= 15 is 0 Å². The largest absolute Gasteiger partial charge is 0.488 e. The molecule has 79 heavy (non-hydrogen) atoms. The molecule has 7 aromatic rings. The topological polar surface area (TPSA) is 228 Å². The molecule has 6 atom stereocenters. The highest BCUT2D eigenvalue weighted by Crippen LogP contribution is 2.40. The molecule has 1 fully saturated rings. The summed E-state index contributed by atoms with van der Waals surface area (Å²) < 4.78 is 13.5. The van der Waals surface area contributed by atoms with E-state index in [-0.39, 0.29) is 63.1 Å². The third-order valence-electron chi connectivity index (χ3n) is 14.2. The first-order valence-electron chi connectivity index (χ1n) is 26.1. The van der Waals surface area contributed by atoms with Gasteiger partial charge in [0.05, 0.1) is 65.4 Å². The minimum absolute atomic E-state index is 0.0427. The number of aliphatic imine (C=N–C) groups is 1. The standard InChI is InChI=1S/C58H64ClN11O7S2/c1-31-35(5)79-57-49(31)50(39-18-20-42(59)21-19-39)65-45(54-68-67-36(6)70(54)57)25-47(72)63-32(2)37-12-16-41(17-13-37)53-60-26-44(27-61-53)77-23-22-76-29-48(73)66-52(58(7,8)9)56(75)69-28-43(71)24-46(69)55(74)64-33(3)38-10-14-40(15-11-38)51-34(4)62-30-78-51/h10-21,26-27,30,32-33,43,45-46,52,71H,22-25,28-29H2,1-9H3,(H,63,72)(H,64,74)(H,66,73)/t32-,33-,43+,45-,46-,52+/m0/s1. The number of benzene rings is 3. The zero-order chi connectivity index (χ0) is 56.3. The van der Waals surface area contributed by atoms with Gasteiger partial charge >= 0.3 is 0 Å². The molecule has 0 aliphatic carbocycles. The normalized spacial score (nSPS) is 17.2. The van der Waals surface area contributed by atoms with Gasteiger partial charge in [0, 0.05) is 39.6 Å². The molecule has 4 aromatic heterocycles. The number of likely N-dealkylation sites (tertiary alicyclic amines) is 1. The molecule has 21 heteroatoms. The minimum atomic E-state index is -1.01. The highest BCUT2D eigenvalue weighted by atomic mass is 35.5. The lowest BCUT2D eigenvalue weighted by atomic mass is 9.85. The molecular formula is C58H64ClN11O7S2. The van der Waals surface area contributed by atoms with Crippen molar-refractivity contribution in [3.63, 3.8) is 0 Å². The van der Waals surface area contributed by atoms with Gasteiger partial charge in [-0.15, -0.1) is 32.9 Å². The first-order chi connectivity index (χ1) is 37.7. The monoisotopic (exact) mass is 1130 g/mol. The van der Waals surface area contributed by atoms with Gasteiger partial charge in [0.1, 0.15) is 42.2 Å². The average Bonchev–Trinajstić information content (AvgIpc) is 4.32. The number of ether oxygens (including phenoxy) is 2. The van der Waals surface area contributed by atoms with E-state index in [9.17, 15) is 24.3 Å². The predicted octanol–water partition coefficient (Wildman–Crippen LogP) is 8.72. The van der Waals surface area contributed by atoms with Crippen LogP contribution in [-0.2, 0) is 23.9 Å². The van der Waals surface area contributed by atoms with Crippen LogP contribution in [-0.4, -0.2) is 114 Å². The van der Waals surface area contributed by atoms with Crippen molar-refractivity contribution in [3.05, 3.63) is 146 Å². The van der Waals surface area contributed by atoms with Gasteiger partial charge in [-0.3, -0.25) is 28.7 Å². The van der Waals surface area contributed by atoms with Crippen molar-refractivity contribution in [2.75, 3.05) is 26.4 Å². The Kier molecular flexibility index (Phi) is 17.2. The van der Waals surface area contributed by atoms with Crippen LogP contribution in [0.15, 0.2) is 95.7 Å². The predicted molar refractivity (Wildman–Crippen MR) is 305 cm³/mol. The number of nitrogens with one attached hydrogen (secondary N) is 3. The molecule has 1 saturated heterocycles. The number of hydrogen-bond donors (Lipinski definition) is 4. The zero-order valence-corrected chi connectivity index (χ0v) is 47.9. The number of aliphatic hydroxyl groups excluding tert-OH is 1. The van der Waals surface area contributed by atoms with Crippen LogP contribution in [0.3, 0.4) is 0 Å². The molecule has 18 nitrogen and oxygen atoms in total. The summed E-state index contributed by atoms with van der Waals surface area (Å²) in [6.45, 7) is 17.1. The number of carbonyl (C=O) groups is 4. The van der Waals surface area contributed by atoms with Gasteiger partial charge in [-0.25, -0.2) is 15.0 Å². The molecular weight excluding hydrogens is 1060 g/mol. The van der Waals surface area contributed by atoms with E-state index in [4.69, 9.17) is 26.1 Å². The average molecular weight is 1130 g/mol. The number of nitrogens with zero attached hydrogens (tertiary/aromatic N) is 8. The van der Waals surface area contributed by atoms with Crippen LogP contribution in [0, 0.1) is 33.1 Å². The Balaban J connectivity index is 0.735. The Morgan fingerprint density at radius 3 is 2.10 bits per heavy atom. The van der Waals surface area contributed by atoms with E-state index < -0.39 is 41.5 Å². The maximum absolute atomic E-state index is 14.1. The number of carbonyl (C=O) groups excluding carboxylic acids is 4. The second-order valence-electron chi connectivity index (χ2n) is 21.0. The van der Waals surface area contributed by atoms with Crippen molar-refractivity contribution in [3.8, 4) is 32.6 Å². The number of amides is 4. The van der Waals surface area contributed by atoms with Crippen LogP contribution in [0.4, 0.5) is 0 Å². The summed E-state index contributed by atoms with van der Waals surface area (Å²) >= 11 is 9.50. The van der Waals surface area contributed by atoms with Gasteiger partial charge in [0.25, 0.3) is 0 Å². The van der Waals surface area contributed by atoms with E-state index in [1.807, 2.05) is 131 Å². The summed E-state index contributed by atoms with van der Waals surface area (Å²) in [7, 11) is 0. The maximum atomic E-state index is 14.1. The van der Waals surface area contributed by atoms with Crippen molar-refractivity contribution in [2.24, 2.45) is 10.4 Å². The number of aryl methyl sites for hydroxylation is 3. The van der Waals surface area contributed by atoms with Gasteiger partial charge in [-0.1, -0.05) is 93.0 Å². The van der Waals surface area contributed by atoms with Crippen LogP contribution >= 0.6 is 34.3 Å². The second kappa shape index (κ2) is 24.0. The molecule has 9 rings (SSSR count). The Labute approximate surface area is 472 Å². The lowest BCUT2D eigenvalue weighted by molar-refractivity contribution is -0.144. The molecule has 6 heterocycles. The number of fused-ring (bicyclic) bond motifs is 3. The maximum Gasteiger partial charge on any atom is 0.246 e. The van der Waals surface area contributed by atoms with E-state index in [1.165, 1.54) is 4.90 Å². The smallest absolute Gasteiger partial charge is 0.246 e. The van der Waals surface area contributed by atoms with Crippen molar-refractivity contribution in [1.82, 2.24) is 50.6 Å². The first-order valence-corrected chi connectivity index (χ1v) is 28.2. The third-order valence-corrected chi connectivity index (χ3v) is 16.6. The first kappa shape index (κ1) is 56.5. The summed E-state index contributed by atoms with van der Waals surface area (Å²) in [6.07, 6.45) is 2.32. The van der Waals surface area contributed by atoms with Crippen LogP contribution < -0.4 is 20.7 Å². The number of rotatable bonds is 18. The number of aliphatic hydroxyl groups is 1. The quantitative estimate of drug-likeness (QED) is 0.0592. The number of aromatic nitrogens is 6. The molecule has 0 spiro atoms. The number of thiazole rings is 1. The molecule has 0 radical (unpaired) electrons. The fourth-order valence-electron chi connectivity index (χ4n) is 9.75. The number of thiophene rings is 1. The third kappa shape index (κ3) is 12.8. The summed E-state index contributed by atoms with van der Waals surface area (Å²) in [4.78, 5) is 77.0. The van der Waals surface area contributed by atoms with E-state index in [1.54, 1.807) is 35.1 Å². The molecule has 0 unspecified atom stereocenters. The Morgan fingerprint density at radius 1 is 0.810 bits per heavy atom. The minimum Gasteiger partial charge on any atom is -0.488 e. The Hall–Kier alpha value is -7.23. The van der Waals surface area contributed by atoms with Crippen LogP contribution in [0.5, 0.6) is 5.75 Å². The molecule has 0 saturated carbocycles. The van der Waals surface area contributed by atoms with E-state index in [0.29, 0.717) is 22.4 Å². The SMILES string of the molecule is Cc1ncsc1-c1ccc([C@H](C)NC(=O)[C@@H]2C[C@@H](O)CN2C(=O)[C@@H](NC(=O)COCCOc2cnc(-c3ccc([C@H](C)NC(=O)C[C@@H]4N=C(c5ccc(Cl)cc5)c5c(sc(C)c5C)-n5c(C)nnc54)cc3)nc2)C(C)(C)C)cc1. The Bertz CT molecular complexity index is 3370. The van der Waals surface area contributed by atoms with E-state index in [2.05, 4.69) is 54.9 Å². The van der Waals surface area contributed by atoms with Crippen molar-refractivity contribution in [1.29, 1.82) is 0 Å². The summed E-state index contributed by atoms with van der Waals surface area (Å²) in [6, 6.07) is 19.9. The summed E-state index contributed by atoms with van der Waals surface area (Å²) in [5, 5.41) is 30.2. The highest BCUT2D eigenvalue weighted by molar-refractivity contribution is 7.15. The molecule has 412 valence electrons. The molecule has 2 aliphatic heterocycles. The molecule has 3 aromatic carbocycles. The summed E-state index contributed by atoms with van der Waals surface area (Å²) in [5.74, 6) is 0.628. The molecule has 0 bridgehead atoms. The second-order valence-corrected chi connectivity index (χ2v) is 23.5. The van der Waals surface area contributed by atoms with Crippen LogP contribution in [0.1, 0.15) is 116 Å². The van der Waals surface area contributed by atoms with Gasteiger partial charge in [-0.05, 0) is 81.3 Å². The van der Waals surface area contributed by atoms with E-state index in [0.717, 1.165) is 70.9 Å². The molecule has 2 aliphatic rings. The zero-order valence-electron chi connectivity index (χ0n) is 45.5. The number of halogens is 1. The van der Waals surface area contributed by atoms with Crippen molar-refractivity contribution in [2.45, 2.75) is 111 Å². The summed E-state index contributed by atoms with van der Waals surface area (Å²) in [5.41, 5.74) is 9.39. The van der Waals surface area contributed by atoms with Crippen LogP contribution in [0.2, 0.25) is 5.02 Å². The van der Waals surface area contributed by atoms with Crippen molar-refractivity contribution >= 4 is 63.6 Å². The number of hydrogen-bond acceptors (Lipinski definition) is 15. The highest BCUT2D eigenvalue weighted by Gasteiger charge is 2.45. The Morgan fingerprint density at radius 2 is 1.46 bits per heavy atom. The lowest BCUT2D eigenvalue weighted by Crippen LogP contribution is -2.58. The van der Waals surface area contributed by atoms with Crippen molar-refractivity contribution < 1.29 is 33.8 Å². The lowest BCUT2D eigenvalue weighted by Gasteiger charge is -2.35. The fraction of sp³-hybridized carbons (Fsp3) is 0.379. The van der Waals surface area contributed by atoms with Crippen LogP contribution in [0.25, 0.3) is 26.8 Å². The van der Waals surface area contributed by atoms with Gasteiger partial charge in [-0.2, -0.15) is 0 Å². The molecule has 4 N–H and O–H groups in total. The number of β-amino-alcohol motifs (C(OH)–C–C–N with tert-alkyl or cyclic N) is 1. The van der Waals surface area contributed by atoms with Gasteiger partial charge < -0.3 is 35.4 Å². The molecule has 4 amide bonds. The van der Waals surface area contributed by atoms with Gasteiger partial charge in [0.15, 0.2) is 17.4 Å². The van der Waals surface area contributed by atoms with Gasteiger partial charge in [0.2, 0.25) is 23.6 Å².